The van der Waals surface area contributed by atoms with E-state index in [0.717, 1.165) is 17.8 Å². The molecule has 2 N–H and O–H groups in total. The molecule has 2 heterocycles. The van der Waals surface area contributed by atoms with Gasteiger partial charge in [-0.25, -0.2) is 0 Å². The Morgan fingerprint density at radius 2 is 1.75 bits per heavy atom. The fraction of sp³-hybridized carbons (Fsp3) is 0.571. The van der Waals surface area contributed by atoms with Crippen LogP contribution in [-0.2, 0) is 0 Å². The maximum Gasteiger partial charge on any atom is 0.0617 e. The first kappa shape index (κ1) is 14.6. The van der Waals surface area contributed by atoms with E-state index >= 15 is 0 Å². The summed E-state index contributed by atoms with van der Waals surface area (Å²) in [5, 5.41) is 0. The van der Waals surface area contributed by atoms with E-state index in [1.165, 1.54) is 66.7 Å². The molecule has 0 saturated heterocycles. The smallest absolute Gasteiger partial charge is 0.0617 e. The van der Waals surface area contributed by atoms with Crippen molar-refractivity contribution < 1.29 is 0 Å². The van der Waals surface area contributed by atoms with Crippen molar-refractivity contribution in [1.29, 1.82) is 0 Å². The minimum absolute atomic E-state index is 0.257. The fourth-order valence-corrected chi connectivity index (χ4v) is 6.22. The van der Waals surface area contributed by atoms with E-state index in [9.17, 15) is 0 Å². The van der Waals surface area contributed by atoms with Crippen LogP contribution in [0, 0.1) is 31.6 Å². The molecule has 24 heavy (non-hydrogen) atoms. The third-order valence-electron chi connectivity index (χ3n) is 6.82. The van der Waals surface area contributed by atoms with Crippen molar-refractivity contribution in [3.05, 3.63) is 35.3 Å². The Kier molecular flexibility index (Phi) is 3.10. The van der Waals surface area contributed by atoms with Crippen LogP contribution < -0.4 is 0 Å². The van der Waals surface area contributed by atoms with Crippen LogP contribution in [0.15, 0.2) is 23.3 Å². The number of aromatic nitrogens is 2. The number of hydrogen-bond acceptors (Lipinski definition) is 1. The van der Waals surface area contributed by atoms with Gasteiger partial charge in [0.2, 0.25) is 0 Å². The Morgan fingerprint density at radius 1 is 1.08 bits per heavy atom. The molecule has 0 aromatic carbocycles. The van der Waals surface area contributed by atoms with Gasteiger partial charge in [0.15, 0.2) is 0 Å². The monoisotopic (exact) mass is 321 g/mol. The molecule has 4 bridgehead atoms. The van der Waals surface area contributed by atoms with Gasteiger partial charge in [0.25, 0.3) is 0 Å². The lowest BCUT2D eigenvalue weighted by Crippen LogP contribution is -2.49. The molecule has 4 aliphatic rings. The molecular formula is C21H27N3. The van der Waals surface area contributed by atoms with E-state index in [4.69, 9.17) is 4.99 Å². The van der Waals surface area contributed by atoms with E-state index < -0.39 is 0 Å². The topological polar surface area (TPSA) is 43.9 Å². The molecule has 126 valence electrons. The van der Waals surface area contributed by atoms with Crippen LogP contribution in [0.5, 0.6) is 0 Å². The van der Waals surface area contributed by atoms with Crippen LogP contribution in [-0.4, -0.2) is 21.7 Å². The van der Waals surface area contributed by atoms with Crippen molar-refractivity contribution in [3.8, 4) is 11.3 Å². The summed E-state index contributed by atoms with van der Waals surface area (Å²) in [5.74, 6) is 2.86. The zero-order valence-electron chi connectivity index (χ0n) is 14.7. The Balaban J connectivity index is 1.46. The minimum atomic E-state index is 0.257. The van der Waals surface area contributed by atoms with E-state index in [-0.39, 0.29) is 5.54 Å². The van der Waals surface area contributed by atoms with E-state index in [2.05, 4.69) is 42.2 Å². The summed E-state index contributed by atoms with van der Waals surface area (Å²) in [4.78, 5) is 12.1. The molecular weight excluding hydrogens is 294 g/mol. The minimum Gasteiger partial charge on any atom is -0.361 e. The highest BCUT2D eigenvalue weighted by Crippen LogP contribution is 2.57. The van der Waals surface area contributed by atoms with Gasteiger partial charge in [0, 0.05) is 29.4 Å². The standard InChI is InChI=1S/C21H27N3/c1-13-19(24-14(2)20(13)18-4-3-5-22-18)12-23-21-9-15-6-16(10-21)8-17(7-15)11-21/h3-5,12,15-17,22,24H,6-11H2,1-2H3. The van der Waals surface area contributed by atoms with Gasteiger partial charge in [-0.05, 0) is 87.8 Å². The maximum absolute atomic E-state index is 5.22. The van der Waals surface area contributed by atoms with Gasteiger partial charge < -0.3 is 9.97 Å². The number of H-pyrrole nitrogens is 2. The molecule has 3 heteroatoms. The first-order valence-corrected chi connectivity index (χ1v) is 9.50. The number of rotatable bonds is 3. The van der Waals surface area contributed by atoms with Gasteiger partial charge >= 0.3 is 0 Å². The summed E-state index contributed by atoms with van der Waals surface area (Å²) in [6.45, 7) is 4.37. The first-order valence-electron chi connectivity index (χ1n) is 9.50. The van der Waals surface area contributed by atoms with Gasteiger partial charge in [-0.3, -0.25) is 4.99 Å². The molecule has 0 spiro atoms. The Bertz CT molecular complexity index is 743. The third kappa shape index (κ3) is 2.21. The number of aromatic amines is 2. The lowest BCUT2D eigenvalue weighted by Gasteiger charge is -2.54. The quantitative estimate of drug-likeness (QED) is 0.746. The molecule has 0 aliphatic heterocycles. The number of nitrogens with one attached hydrogen (secondary N) is 2. The Morgan fingerprint density at radius 3 is 2.33 bits per heavy atom. The fourth-order valence-electron chi connectivity index (χ4n) is 6.22. The molecule has 2 aromatic heterocycles. The number of nitrogens with zero attached hydrogens (tertiary/aromatic N) is 1. The van der Waals surface area contributed by atoms with Crippen molar-refractivity contribution in [2.24, 2.45) is 22.7 Å². The maximum atomic E-state index is 5.22. The van der Waals surface area contributed by atoms with Crippen molar-refractivity contribution in [2.75, 3.05) is 0 Å². The van der Waals surface area contributed by atoms with Crippen LogP contribution >= 0.6 is 0 Å². The number of aryl methyl sites for hydroxylation is 1. The van der Waals surface area contributed by atoms with Gasteiger partial charge in [-0.2, -0.15) is 0 Å². The molecule has 6 rings (SSSR count). The lowest BCUT2D eigenvalue weighted by atomic mass is 9.53. The Labute approximate surface area is 144 Å². The summed E-state index contributed by atoms with van der Waals surface area (Å²) >= 11 is 0. The average molecular weight is 321 g/mol. The van der Waals surface area contributed by atoms with E-state index in [1.54, 1.807) is 0 Å². The van der Waals surface area contributed by atoms with Crippen LogP contribution in [0.2, 0.25) is 0 Å². The summed E-state index contributed by atoms with van der Waals surface area (Å²) in [5.41, 5.74) is 6.47. The predicted octanol–water partition coefficient (Wildman–Crippen LogP) is 5.01. The van der Waals surface area contributed by atoms with Crippen molar-refractivity contribution >= 4 is 6.21 Å². The third-order valence-corrected chi connectivity index (χ3v) is 6.82. The second-order valence-electron chi connectivity index (χ2n) is 8.65. The second-order valence-corrected chi connectivity index (χ2v) is 8.65. The van der Waals surface area contributed by atoms with Crippen molar-refractivity contribution in [3.63, 3.8) is 0 Å². The molecule has 0 amide bonds. The highest BCUT2D eigenvalue weighted by Gasteiger charge is 2.50. The second kappa shape index (κ2) is 5.11. The molecule has 2 aromatic rings. The summed E-state index contributed by atoms with van der Waals surface area (Å²) < 4.78 is 0. The Hall–Kier alpha value is -1.77. The number of hydrogen-bond donors (Lipinski definition) is 2. The van der Waals surface area contributed by atoms with Gasteiger partial charge in [0.1, 0.15) is 0 Å². The van der Waals surface area contributed by atoms with Crippen LogP contribution in [0.3, 0.4) is 0 Å². The zero-order chi connectivity index (χ0) is 16.3. The van der Waals surface area contributed by atoms with Crippen molar-refractivity contribution in [2.45, 2.75) is 57.9 Å². The van der Waals surface area contributed by atoms with Gasteiger partial charge in [0.05, 0.1) is 11.2 Å². The number of aliphatic imine (C=N–C) groups is 1. The van der Waals surface area contributed by atoms with Gasteiger partial charge in [-0.1, -0.05) is 0 Å². The van der Waals surface area contributed by atoms with Crippen LogP contribution in [0.4, 0.5) is 0 Å². The zero-order valence-corrected chi connectivity index (χ0v) is 14.7. The summed E-state index contributed by atoms with van der Waals surface area (Å²) in [6, 6.07) is 4.20. The predicted molar refractivity (Wildman–Crippen MR) is 98.6 cm³/mol. The molecule has 0 atom stereocenters. The van der Waals surface area contributed by atoms with Gasteiger partial charge in [-0.15, -0.1) is 0 Å². The summed E-state index contributed by atoms with van der Waals surface area (Å²) in [6.07, 6.45) is 12.6. The highest BCUT2D eigenvalue weighted by molar-refractivity contribution is 5.85. The van der Waals surface area contributed by atoms with E-state index in [1.807, 2.05) is 6.20 Å². The molecule has 4 fully saturated rings. The molecule has 0 radical (unpaired) electrons. The molecule has 0 unspecified atom stereocenters. The molecule has 4 saturated carbocycles. The largest absolute Gasteiger partial charge is 0.361 e. The first-order chi connectivity index (χ1) is 11.6. The van der Waals surface area contributed by atoms with E-state index in [0.29, 0.717) is 0 Å². The van der Waals surface area contributed by atoms with Crippen LogP contribution in [0.1, 0.15) is 55.5 Å². The van der Waals surface area contributed by atoms with Crippen molar-refractivity contribution in [1.82, 2.24) is 9.97 Å². The molecule has 4 aliphatic carbocycles. The summed E-state index contributed by atoms with van der Waals surface area (Å²) in [7, 11) is 0. The SMILES string of the molecule is Cc1[nH]c(C=NC23CC4CC(CC(C4)C2)C3)c(C)c1-c1ccc[nH]1. The van der Waals surface area contributed by atoms with Crippen LogP contribution in [0.25, 0.3) is 11.3 Å². The lowest BCUT2D eigenvalue weighted by molar-refractivity contribution is 0.00194. The highest BCUT2D eigenvalue weighted by atomic mass is 14.9. The average Bonchev–Trinajstić information content (AvgIpc) is 3.12. The molecule has 3 nitrogen and oxygen atoms in total. The normalized spacial score (nSPS) is 34.5.